The summed E-state index contributed by atoms with van der Waals surface area (Å²) in [6.07, 6.45) is 75.1. The van der Waals surface area contributed by atoms with Crippen molar-refractivity contribution in [2.45, 2.75) is 503 Å². The molecule has 0 aromatic heterocycles. The summed E-state index contributed by atoms with van der Waals surface area (Å²) in [6.45, 7) is 9.70. The fraction of sp³-hybridized carbons (Fsp3) is 0.956. The van der Waals surface area contributed by atoms with Crippen molar-refractivity contribution in [3.8, 4) is 0 Å². The number of hydrogen-bond acceptors (Lipinski definition) is 15. The Balaban J connectivity index is 5.25. The first kappa shape index (κ1) is 107. The highest BCUT2D eigenvalue weighted by Crippen LogP contribution is 2.45. The lowest BCUT2D eigenvalue weighted by Crippen LogP contribution is -2.30. The van der Waals surface area contributed by atoms with E-state index in [1.807, 2.05) is 0 Å². The average molecular weight is 1590 g/mol. The van der Waals surface area contributed by atoms with E-state index in [1.54, 1.807) is 0 Å². The molecular weight excluding hydrogens is 1410 g/mol. The van der Waals surface area contributed by atoms with Crippen molar-refractivity contribution >= 4 is 39.5 Å². The topological polar surface area (TPSA) is 237 Å². The molecule has 0 bridgehead atoms. The van der Waals surface area contributed by atoms with E-state index >= 15 is 0 Å². The standard InChI is InChI=1S/C90H176O17P2/c1-7-9-11-13-15-17-19-21-23-25-27-28-30-32-34-39-43-49-56-62-68-74-89(94)106-85(78-100-87(92)72-66-60-54-48-42-38-33-31-29-26-24-22-20-18-16-14-12-10-8-2)80-104-108(96,97)102-76-84(91)77-103-109(98,99)105-81-86(79-101-88(93)73-67-61-55-51-45-47-53-59-65-71-83(5)6)107-90(95)75-69-63-57-50-44-40-36-35-37-41-46-52-58-64-70-82(3)4/h82-86,91H,7-81H2,1-6H3,(H,96,97)(H,98,99)/t84-,85-,86-/m1/s1. The lowest BCUT2D eigenvalue weighted by molar-refractivity contribution is -0.161. The van der Waals surface area contributed by atoms with Crippen molar-refractivity contribution in [3.05, 3.63) is 0 Å². The van der Waals surface area contributed by atoms with Gasteiger partial charge in [-0.3, -0.25) is 37.3 Å². The van der Waals surface area contributed by atoms with E-state index in [0.29, 0.717) is 25.7 Å². The molecule has 2 unspecified atom stereocenters. The van der Waals surface area contributed by atoms with Gasteiger partial charge in [-0.2, -0.15) is 0 Å². The molecule has 3 N–H and O–H groups in total. The molecule has 19 heteroatoms. The minimum Gasteiger partial charge on any atom is -0.462 e. The Hall–Kier alpha value is -1.94. The molecule has 109 heavy (non-hydrogen) atoms. The predicted molar refractivity (Wildman–Crippen MR) is 451 cm³/mol. The fourth-order valence-corrected chi connectivity index (χ4v) is 15.7. The van der Waals surface area contributed by atoms with E-state index in [1.165, 1.54) is 302 Å². The summed E-state index contributed by atoms with van der Waals surface area (Å²) in [4.78, 5) is 73.4. The first-order chi connectivity index (χ1) is 52.9. The molecule has 648 valence electrons. The minimum atomic E-state index is -4.97. The second-order valence-electron chi connectivity index (χ2n) is 33.3. The van der Waals surface area contributed by atoms with E-state index in [0.717, 1.165) is 102 Å². The van der Waals surface area contributed by atoms with Crippen LogP contribution in [0.2, 0.25) is 0 Å². The molecule has 17 nitrogen and oxygen atoms in total. The van der Waals surface area contributed by atoms with Gasteiger partial charge in [0.05, 0.1) is 26.4 Å². The number of phosphoric ester groups is 2. The maximum Gasteiger partial charge on any atom is 0.472 e. The Morgan fingerprint density at radius 3 is 0.624 bits per heavy atom. The molecule has 0 amide bonds. The van der Waals surface area contributed by atoms with Gasteiger partial charge in [0, 0.05) is 25.7 Å². The first-order valence-corrected chi connectivity index (χ1v) is 49.5. The maximum atomic E-state index is 13.2. The highest BCUT2D eigenvalue weighted by molar-refractivity contribution is 7.47. The van der Waals surface area contributed by atoms with Crippen LogP contribution in [-0.2, 0) is 65.4 Å². The van der Waals surface area contributed by atoms with Crippen LogP contribution in [0.25, 0.3) is 0 Å². The van der Waals surface area contributed by atoms with Gasteiger partial charge in [-0.15, -0.1) is 0 Å². The summed E-state index contributed by atoms with van der Waals surface area (Å²) in [5.74, 6) is -0.559. The van der Waals surface area contributed by atoms with Gasteiger partial charge < -0.3 is 33.8 Å². The molecule has 0 aliphatic carbocycles. The third-order valence-corrected chi connectivity index (χ3v) is 23.1. The molecule has 5 atom stereocenters. The number of phosphoric acid groups is 2. The zero-order valence-corrected chi connectivity index (χ0v) is 73.7. The lowest BCUT2D eigenvalue weighted by Gasteiger charge is -2.21. The molecule has 0 radical (unpaired) electrons. The number of aliphatic hydroxyl groups is 1. The highest BCUT2D eigenvalue weighted by Gasteiger charge is 2.31. The van der Waals surface area contributed by atoms with Crippen LogP contribution in [0.3, 0.4) is 0 Å². The van der Waals surface area contributed by atoms with Gasteiger partial charge in [-0.1, -0.05) is 433 Å². The zero-order valence-electron chi connectivity index (χ0n) is 71.9. The number of ether oxygens (including phenoxy) is 4. The highest BCUT2D eigenvalue weighted by atomic mass is 31.2. The van der Waals surface area contributed by atoms with Gasteiger partial charge in [0.2, 0.25) is 0 Å². The second kappa shape index (κ2) is 81.2. The van der Waals surface area contributed by atoms with Crippen molar-refractivity contribution in [1.29, 1.82) is 0 Å². The van der Waals surface area contributed by atoms with Gasteiger partial charge in [0.1, 0.15) is 19.3 Å². The molecule has 0 rings (SSSR count). The Bertz CT molecular complexity index is 2080. The Kier molecular flexibility index (Phi) is 79.8. The van der Waals surface area contributed by atoms with Gasteiger partial charge >= 0.3 is 39.5 Å². The van der Waals surface area contributed by atoms with Crippen molar-refractivity contribution in [1.82, 2.24) is 0 Å². The van der Waals surface area contributed by atoms with E-state index in [4.69, 9.17) is 37.0 Å². The molecular formula is C90H176O17P2. The van der Waals surface area contributed by atoms with Gasteiger partial charge in [0.25, 0.3) is 0 Å². The van der Waals surface area contributed by atoms with Gasteiger partial charge in [-0.25, -0.2) is 9.13 Å². The van der Waals surface area contributed by atoms with Crippen LogP contribution in [0.1, 0.15) is 485 Å². The molecule has 0 aromatic rings. The SMILES string of the molecule is CCCCCCCCCCCCCCCCCCCCCCCC(=O)O[C@H](COC(=O)CCCCCCCCCCCCCCCCCCCCC)COP(=O)(O)OC[C@@H](O)COP(=O)(O)OC[C@@H](COC(=O)CCCCCCCCCCCC(C)C)OC(=O)CCCCCCCCCCCCCCCCC(C)C. The monoisotopic (exact) mass is 1590 g/mol. The average Bonchev–Trinajstić information content (AvgIpc) is 0.899. The number of aliphatic hydroxyl groups excluding tert-OH is 1. The number of carbonyl (C=O) groups excluding carboxylic acids is 4. The Labute approximate surface area is 670 Å². The molecule has 0 heterocycles. The maximum absolute atomic E-state index is 13.2. The number of unbranched alkanes of at least 4 members (excludes halogenated alkanes) is 59. The summed E-state index contributed by atoms with van der Waals surface area (Å²) >= 11 is 0. The Morgan fingerprint density at radius 2 is 0.422 bits per heavy atom. The normalized spacial score (nSPS) is 13.8. The third-order valence-electron chi connectivity index (χ3n) is 21.2. The largest absolute Gasteiger partial charge is 0.472 e. The van der Waals surface area contributed by atoms with Crippen LogP contribution in [-0.4, -0.2) is 96.7 Å². The van der Waals surface area contributed by atoms with Crippen molar-refractivity contribution in [2.75, 3.05) is 39.6 Å². The van der Waals surface area contributed by atoms with E-state index < -0.39 is 97.5 Å². The quantitative estimate of drug-likeness (QED) is 0.0222. The number of hydrogen-bond donors (Lipinski definition) is 3. The van der Waals surface area contributed by atoms with Crippen molar-refractivity contribution in [2.24, 2.45) is 11.8 Å². The van der Waals surface area contributed by atoms with Gasteiger partial charge in [-0.05, 0) is 37.5 Å². The number of carbonyl (C=O) groups is 4. The first-order valence-electron chi connectivity index (χ1n) is 46.5. The smallest absolute Gasteiger partial charge is 0.462 e. The van der Waals surface area contributed by atoms with Crippen LogP contribution in [0.5, 0.6) is 0 Å². The Morgan fingerprint density at radius 1 is 0.248 bits per heavy atom. The zero-order chi connectivity index (χ0) is 79.9. The molecule has 0 spiro atoms. The lowest BCUT2D eigenvalue weighted by atomic mass is 10.0. The number of esters is 4. The van der Waals surface area contributed by atoms with Crippen LogP contribution in [0, 0.1) is 11.8 Å². The predicted octanol–water partition coefficient (Wildman–Crippen LogP) is 27.8. The minimum absolute atomic E-state index is 0.108. The van der Waals surface area contributed by atoms with E-state index in [2.05, 4.69) is 41.5 Å². The van der Waals surface area contributed by atoms with E-state index in [-0.39, 0.29) is 25.7 Å². The molecule has 0 aliphatic rings. The van der Waals surface area contributed by atoms with Crippen molar-refractivity contribution < 1.29 is 80.2 Å². The summed E-state index contributed by atoms with van der Waals surface area (Å²) in [5.41, 5.74) is 0. The second-order valence-corrected chi connectivity index (χ2v) is 36.2. The van der Waals surface area contributed by atoms with Crippen LogP contribution >= 0.6 is 15.6 Å². The summed E-state index contributed by atoms with van der Waals surface area (Å²) in [6, 6.07) is 0. The summed E-state index contributed by atoms with van der Waals surface area (Å²) in [7, 11) is -9.93. The van der Waals surface area contributed by atoms with Crippen LogP contribution in [0.15, 0.2) is 0 Å². The molecule has 0 fully saturated rings. The third kappa shape index (κ3) is 83.8. The van der Waals surface area contributed by atoms with Crippen molar-refractivity contribution in [3.63, 3.8) is 0 Å². The van der Waals surface area contributed by atoms with Gasteiger partial charge in [0.15, 0.2) is 12.2 Å². The molecule has 0 aromatic carbocycles. The fourth-order valence-electron chi connectivity index (χ4n) is 14.1. The summed E-state index contributed by atoms with van der Waals surface area (Å²) in [5, 5.41) is 10.7. The molecule has 0 saturated carbocycles. The van der Waals surface area contributed by atoms with Crippen LogP contribution in [0.4, 0.5) is 0 Å². The molecule has 0 saturated heterocycles. The van der Waals surface area contributed by atoms with E-state index in [9.17, 15) is 43.2 Å². The summed E-state index contributed by atoms with van der Waals surface area (Å²) < 4.78 is 69.1. The number of rotatable bonds is 89. The van der Waals surface area contributed by atoms with Crippen LogP contribution < -0.4 is 0 Å². The molecule has 0 aliphatic heterocycles.